The number of aliphatic carboxylic acids is 1. The summed E-state index contributed by atoms with van der Waals surface area (Å²) < 4.78 is 26.9. The number of hydrogen-bond acceptors (Lipinski definition) is 7. The molecule has 1 heterocycles. The van der Waals surface area contributed by atoms with Gasteiger partial charge < -0.3 is 28.8 Å². The summed E-state index contributed by atoms with van der Waals surface area (Å²) in [5, 5.41) is 8.96. The van der Waals surface area contributed by atoms with Crippen LogP contribution in [0.4, 0.5) is 0 Å². The van der Waals surface area contributed by atoms with Gasteiger partial charge in [-0.15, -0.1) is 0 Å². The highest BCUT2D eigenvalue weighted by Crippen LogP contribution is 2.40. The Morgan fingerprint density at radius 1 is 1.07 bits per heavy atom. The van der Waals surface area contributed by atoms with Crippen molar-refractivity contribution in [3.05, 3.63) is 47.2 Å². The number of ether oxygens (including phenoxy) is 5. The maximum Gasteiger partial charge on any atom is 0.344 e. The van der Waals surface area contributed by atoms with Crippen molar-refractivity contribution in [2.45, 2.75) is 13.0 Å². The normalized spacial score (nSPS) is 14.8. The molecule has 1 N–H and O–H groups in total. The topological polar surface area (TPSA) is 101 Å². The van der Waals surface area contributed by atoms with Gasteiger partial charge >= 0.3 is 5.97 Å². The van der Waals surface area contributed by atoms with Crippen molar-refractivity contribution in [1.29, 1.82) is 0 Å². The van der Waals surface area contributed by atoms with Crippen LogP contribution >= 0.6 is 0 Å². The van der Waals surface area contributed by atoms with Gasteiger partial charge in [0, 0.05) is 6.07 Å². The fourth-order valence-electron chi connectivity index (χ4n) is 2.83. The van der Waals surface area contributed by atoms with E-state index in [1.807, 2.05) is 0 Å². The molecule has 0 fully saturated rings. The van der Waals surface area contributed by atoms with Crippen LogP contribution in [0.3, 0.4) is 0 Å². The Morgan fingerprint density at radius 2 is 1.72 bits per heavy atom. The van der Waals surface area contributed by atoms with Gasteiger partial charge in [0.2, 0.25) is 11.5 Å². The summed E-state index contributed by atoms with van der Waals surface area (Å²) in [4.78, 5) is 23.6. The fourth-order valence-corrected chi connectivity index (χ4v) is 2.83. The van der Waals surface area contributed by atoms with Crippen molar-refractivity contribution < 1.29 is 38.4 Å². The average molecular weight is 400 g/mol. The molecule has 0 aliphatic carbocycles. The summed E-state index contributed by atoms with van der Waals surface area (Å²) in [6.45, 7) is 1.41. The summed E-state index contributed by atoms with van der Waals surface area (Å²) in [7, 11) is 4.51. The van der Waals surface area contributed by atoms with Gasteiger partial charge in [0.05, 0.1) is 26.9 Å². The van der Waals surface area contributed by atoms with E-state index in [1.54, 1.807) is 18.2 Å². The molecule has 1 aliphatic rings. The predicted octanol–water partition coefficient (Wildman–Crippen LogP) is 3.18. The number of hydrogen-bond donors (Lipinski definition) is 1. The minimum absolute atomic E-state index is 0.109. The molecule has 0 saturated heterocycles. The lowest BCUT2D eigenvalue weighted by molar-refractivity contribution is -0.144. The lowest BCUT2D eigenvalue weighted by Crippen LogP contribution is -2.22. The minimum Gasteiger partial charge on any atom is -0.493 e. The molecule has 8 nitrogen and oxygen atoms in total. The van der Waals surface area contributed by atoms with Crippen LogP contribution in [0.15, 0.2) is 36.1 Å². The van der Waals surface area contributed by atoms with Gasteiger partial charge in [-0.2, -0.15) is 0 Å². The van der Waals surface area contributed by atoms with Crippen molar-refractivity contribution in [3.63, 3.8) is 0 Å². The number of allylic oxidation sites excluding steroid dienone is 1. The number of carboxylic acids is 1. The van der Waals surface area contributed by atoms with E-state index in [0.29, 0.717) is 39.9 Å². The maximum atomic E-state index is 12.7. The van der Waals surface area contributed by atoms with Gasteiger partial charge in [-0.05, 0) is 42.8 Å². The smallest absolute Gasteiger partial charge is 0.344 e. The molecular formula is C21H20O8. The van der Waals surface area contributed by atoms with E-state index in [2.05, 4.69) is 0 Å². The molecule has 29 heavy (non-hydrogen) atoms. The highest BCUT2D eigenvalue weighted by molar-refractivity contribution is 6.14. The van der Waals surface area contributed by atoms with Crippen molar-refractivity contribution in [2.75, 3.05) is 21.3 Å². The Hall–Kier alpha value is -3.68. The molecule has 0 amide bonds. The Morgan fingerprint density at radius 3 is 2.28 bits per heavy atom. The van der Waals surface area contributed by atoms with Crippen molar-refractivity contribution in [2.24, 2.45) is 0 Å². The maximum absolute atomic E-state index is 12.7. The molecule has 1 atom stereocenters. The monoisotopic (exact) mass is 400 g/mol. The van der Waals surface area contributed by atoms with Crippen LogP contribution < -0.4 is 23.7 Å². The first-order valence-electron chi connectivity index (χ1n) is 8.65. The number of carbonyl (C=O) groups is 2. The van der Waals surface area contributed by atoms with Crippen LogP contribution in [0.25, 0.3) is 6.08 Å². The summed E-state index contributed by atoms with van der Waals surface area (Å²) >= 11 is 0. The number of methoxy groups -OCH3 is 3. The van der Waals surface area contributed by atoms with E-state index in [1.165, 1.54) is 46.5 Å². The predicted molar refractivity (Wildman–Crippen MR) is 103 cm³/mol. The molecule has 0 spiro atoms. The minimum atomic E-state index is -1.09. The Labute approximate surface area is 167 Å². The largest absolute Gasteiger partial charge is 0.493 e. The number of fused-ring (bicyclic) bond motifs is 1. The standard InChI is InChI=1S/C21H20O8/c1-11(21(23)24)28-13-5-6-14-15(10-13)29-16(19(14)22)7-12-8-17(25-2)20(27-4)18(9-12)26-3/h5-11H,1-4H3,(H,23,24)/b16-7-/t11-/m0/s1. The summed E-state index contributed by atoms with van der Waals surface area (Å²) in [6, 6.07) is 7.94. The first-order valence-corrected chi connectivity index (χ1v) is 8.65. The fraction of sp³-hybridized carbons (Fsp3) is 0.238. The zero-order valence-corrected chi connectivity index (χ0v) is 16.3. The van der Waals surface area contributed by atoms with Gasteiger partial charge in [-0.3, -0.25) is 4.79 Å². The second-order valence-corrected chi connectivity index (χ2v) is 6.15. The van der Waals surface area contributed by atoms with Crippen LogP contribution in [-0.2, 0) is 4.79 Å². The van der Waals surface area contributed by atoms with E-state index in [0.717, 1.165) is 0 Å². The molecule has 1 aliphatic heterocycles. The van der Waals surface area contributed by atoms with E-state index >= 15 is 0 Å². The Bertz CT molecular complexity index is 967. The van der Waals surface area contributed by atoms with E-state index in [9.17, 15) is 9.59 Å². The average Bonchev–Trinajstić information content (AvgIpc) is 3.01. The second kappa shape index (κ2) is 8.14. The number of Topliss-reactive ketones (excluding diaryl/α,β-unsaturated/α-hetero) is 1. The highest BCUT2D eigenvalue weighted by atomic mass is 16.5. The van der Waals surface area contributed by atoms with E-state index in [4.69, 9.17) is 28.8 Å². The number of rotatable bonds is 7. The molecule has 0 aromatic heterocycles. The zero-order chi connectivity index (χ0) is 21.1. The highest BCUT2D eigenvalue weighted by Gasteiger charge is 2.28. The number of ketones is 1. The molecule has 8 heteroatoms. The third-order valence-electron chi connectivity index (χ3n) is 4.29. The molecular weight excluding hydrogens is 380 g/mol. The third-order valence-corrected chi connectivity index (χ3v) is 4.29. The molecule has 0 saturated carbocycles. The van der Waals surface area contributed by atoms with Gasteiger partial charge in [-0.25, -0.2) is 4.79 Å². The van der Waals surface area contributed by atoms with Crippen LogP contribution in [0.1, 0.15) is 22.8 Å². The molecule has 2 aromatic rings. The molecule has 0 radical (unpaired) electrons. The molecule has 2 aromatic carbocycles. The zero-order valence-electron chi connectivity index (χ0n) is 16.3. The second-order valence-electron chi connectivity index (χ2n) is 6.15. The number of carbonyl (C=O) groups excluding carboxylic acids is 1. The van der Waals surface area contributed by atoms with E-state index < -0.39 is 12.1 Å². The van der Waals surface area contributed by atoms with Crippen molar-refractivity contribution >= 4 is 17.8 Å². The van der Waals surface area contributed by atoms with Crippen LogP contribution in [-0.4, -0.2) is 44.3 Å². The Kier molecular flexibility index (Phi) is 5.63. The van der Waals surface area contributed by atoms with Crippen LogP contribution in [0.2, 0.25) is 0 Å². The summed E-state index contributed by atoms with van der Waals surface area (Å²) in [5.41, 5.74) is 0.977. The van der Waals surface area contributed by atoms with Crippen molar-refractivity contribution in [3.8, 4) is 28.7 Å². The molecule has 3 rings (SSSR count). The van der Waals surface area contributed by atoms with Gasteiger partial charge in [0.15, 0.2) is 23.4 Å². The van der Waals surface area contributed by atoms with Crippen LogP contribution in [0, 0.1) is 0 Å². The SMILES string of the molecule is COc1cc(/C=C2\Oc3cc(O[C@@H](C)C(=O)O)ccc3C2=O)cc(OC)c1OC. The Balaban J connectivity index is 1.91. The molecule has 0 bridgehead atoms. The van der Waals surface area contributed by atoms with Crippen molar-refractivity contribution in [1.82, 2.24) is 0 Å². The summed E-state index contributed by atoms with van der Waals surface area (Å²) in [5.74, 6) is 0.632. The molecule has 152 valence electrons. The first kappa shape index (κ1) is 20.1. The van der Waals surface area contributed by atoms with E-state index in [-0.39, 0.29) is 11.5 Å². The molecule has 0 unspecified atom stereocenters. The van der Waals surface area contributed by atoms with Crippen LogP contribution in [0.5, 0.6) is 28.7 Å². The third kappa shape index (κ3) is 3.96. The van der Waals surface area contributed by atoms with Gasteiger partial charge in [0.1, 0.15) is 11.5 Å². The van der Waals surface area contributed by atoms with Gasteiger partial charge in [-0.1, -0.05) is 0 Å². The number of carboxylic acid groups (broad SMARTS) is 1. The summed E-state index contributed by atoms with van der Waals surface area (Å²) in [6.07, 6.45) is 0.534. The number of benzene rings is 2. The van der Waals surface area contributed by atoms with Gasteiger partial charge in [0.25, 0.3) is 0 Å². The lowest BCUT2D eigenvalue weighted by Gasteiger charge is -2.13. The quantitative estimate of drug-likeness (QED) is 0.708. The lowest BCUT2D eigenvalue weighted by atomic mass is 10.1. The first-order chi connectivity index (χ1) is 13.9.